The van der Waals surface area contributed by atoms with Crippen molar-refractivity contribution < 1.29 is 17.9 Å². The molecule has 2 heterocycles. The lowest BCUT2D eigenvalue weighted by molar-refractivity contribution is 0.0603. The third kappa shape index (κ3) is 2.80. The summed E-state index contributed by atoms with van der Waals surface area (Å²) in [5, 5.41) is 0.460. The van der Waals surface area contributed by atoms with E-state index in [2.05, 4.69) is 4.98 Å². The second-order valence-electron chi connectivity index (χ2n) is 5.66. The second-order valence-corrected chi connectivity index (χ2v) is 7.45. The number of methoxy groups -OCH3 is 1. The quantitative estimate of drug-likeness (QED) is 0.670. The molecule has 0 saturated heterocycles. The first kappa shape index (κ1) is 17.2. The normalized spacial score (nSPS) is 11.6. The predicted molar refractivity (Wildman–Crippen MR) is 94.2 cm³/mol. The lowest BCUT2D eigenvalue weighted by atomic mass is 10.2. The number of aromatic nitrogens is 2. The molecule has 2 aromatic heterocycles. The van der Waals surface area contributed by atoms with Gasteiger partial charge in [0.1, 0.15) is 0 Å². The van der Waals surface area contributed by atoms with Crippen LogP contribution in [0.15, 0.2) is 47.5 Å². The standard InChI is InChI=1S/C18H18N2O4S/c1-4-13-11-16-15(18(21)24-3)9-10-19-17(16)20(13)25(22,23)14-7-5-12(2)6-8-14/h5-11H,4H2,1-3H3. The van der Waals surface area contributed by atoms with Crippen LogP contribution in [-0.2, 0) is 21.2 Å². The number of fused-ring (bicyclic) bond motifs is 1. The third-order valence-corrected chi connectivity index (χ3v) is 5.82. The van der Waals surface area contributed by atoms with Gasteiger partial charge < -0.3 is 4.74 Å². The zero-order valence-electron chi connectivity index (χ0n) is 14.2. The highest BCUT2D eigenvalue weighted by molar-refractivity contribution is 7.90. The van der Waals surface area contributed by atoms with Crippen molar-refractivity contribution in [2.24, 2.45) is 0 Å². The van der Waals surface area contributed by atoms with E-state index < -0.39 is 16.0 Å². The van der Waals surface area contributed by atoms with E-state index in [9.17, 15) is 13.2 Å². The van der Waals surface area contributed by atoms with Crippen LogP contribution in [0, 0.1) is 6.92 Å². The molecule has 0 aliphatic rings. The summed E-state index contributed by atoms with van der Waals surface area (Å²) in [6, 6.07) is 9.84. The Balaban J connectivity index is 2.32. The van der Waals surface area contributed by atoms with Crippen LogP contribution in [0.1, 0.15) is 28.5 Å². The topological polar surface area (TPSA) is 78.3 Å². The van der Waals surface area contributed by atoms with Crippen LogP contribution in [0.5, 0.6) is 0 Å². The van der Waals surface area contributed by atoms with Gasteiger partial charge in [-0.15, -0.1) is 0 Å². The van der Waals surface area contributed by atoms with Crippen LogP contribution in [0.2, 0.25) is 0 Å². The molecule has 0 aliphatic carbocycles. The lowest BCUT2D eigenvalue weighted by Crippen LogP contribution is -2.16. The van der Waals surface area contributed by atoms with Crippen molar-refractivity contribution in [3.8, 4) is 0 Å². The van der Waals surface area contributed by atoms with E-state index in [1.54, 1.807) is 30.3 Å². The minimum Gasteiger partial charge on any atom is -0.465 e. The summed E-state index contributed by atoms with van der Waals surface area (Å²) in [4.78, 5) is 16.4. The number of aryl methyl sites for hydroxylation is 2. The van der Waals surface area contributed by atoms with Crippen molar-refractivity contribution >= 4 is 27.0 Å². The fourth-order valence-corrected chi connectivity index (χ4v) is 4.30. The van der Waals surface area contributed by atoms with Crippen molar-refractivity contribution in [2.75, 3.05) is 7.11 Å². The molecule has 0 aliphatic heterocycles. The van der Waals surface area contributed by atoms with E-state index in [1.807, 2.05) is 13.8 Å². The number of pyridine rings is 1. The number of ether oxygens (including phenoxy) is 1. The Kier molecular flexibility index (Phi) is 4.34. The van der Waals surface area contributed by atoms with Gasteiger partial charge in [0.05, 0.1) is 17.6 Å². The summed E-state index contributed by atoms with van der Waals surface area (Å²) in [6.45, 7) is 3.75. The van der Waals surface area contributed by atoms with Crippen molar-refractivity contribution in [2.45, 2.75) is 25.2 Å². The first-order valence-corrected chi connectivity index (χ1v) is 9.24. The van der Waals surface area contributed by atoms with Gasteiger partial charge in [-0.1, -0.05) is 24.6 Å². The van der Waals surface area contributed by atoms with Gasteiger partial charge in [0.15, 0.2) is 5.65 Å². The monoisotopic (exact) mass is 358 g/mol. The minimum atomic E-state index is -3.83. The SMILES string of the molecule is CCc1cc2c(C(=O)OC)ccnc2n1S(=O)(=O)c1ccc(C)cc1. The van der Waals surface area contributed by atoms with Crippen molar-refractivity contribution in [1.82, 2.24) is 8.96 Å². The van der Waals surface area contributed by atoms with E-state index in [1.165, 1.54) is 23.3 Å². The molecule has 25 heavy (non-hydrogen) atoms. The summed E-state index contributed by atoms with van der Waals surface area (Å²) >= 11 is 0. The highest BCUT2D eigenvalue weighted by Crippen LogP contribution is 2.27. The van der Waals surface area contributed by atoms with Gasteiger partial charge in [0.2, 0.25) is 0 Å². The number of esters is 1. The maximum atomic E-state index is 13.2. The number of hydrogen-bond donors (Lipinski definition) is 0. The third-order valence-electron chi connectivity index (χ3n) is 4.06. The molecule has 1 aromatic carbocycles. The highest BCUT2D eigenvalue weighted by Gasteiger charge is 2.25. The minimum absolute atomic E-state index is 0.176. The summed E-state index contributed by atoms with van der Waals surface area (Å²) in [6.07, 6.45) is 1.89. The number of rotatable bonds is 4. The Bertz CT molecular complexity index is 1050. The van der Waals surface area contributed by atoms with Gasteiger partial charge >= 0.3 is 5.97 Å². The average molecular weight is 358 g/mol. The molecular formula is C18H18N2O4S. The van der Waals surface area contributed by atoms with Gasteiger partial charge in [-0.2, -0.15) is 0 Å². The Morgan fingerprint density at radius 3 is 2.48 bits per heavy atom. The fraction of sp³-hybridized carbons (Fsp3) is 0.222. The Morgan fingerprint density at radius 2 is 1.88 bits per heavy atom. The zero-order chi connectivity index (χ0) is 18.2. The molecule has 0 radical (unpaired) electrons. The predicted octanol–water partition coefficient (Wildman–Crippen LogP) is 2.93. The smallest absolute Gasteiger partial charge is 0.338 e. The molecule has 0 amide bonds. The van der Waals surface area contributed by atoms with Gasteiger partial charge in [-0.25, -0.2) is 22.2 Å². The van der Waals surface area contributed by atoms with Crippen molar-refractivity contribution in [1.29, 1.82) is 0 Å². The van der Waals surface area contributed by atoms with Crippen molar-refractivity contribution in [3.63, 3.8) is 0 Å². The maximum absolute atomic E-state index is 13.2. The highest BCUT2D eigenvalue weighted by atomic mass is 32.2. The Morgan fingerprint density at radius 1 is 1.20 bits per heavy atom. The van der Waals surface area contributed by atoms with Gasteiger partial charge in [-0.05, 0) is 37.6 Å². The number of nitrogens with zero attached hydrogens (tertiary/aromatic N) is 2. The number of carbonyl (C=O) groups excluding carboxylic acids is 1. The second kappa shape index (κ2) is 6.33. The molecule has 7 heteroatoms. The number of benzene rings is 1. The molecule has 0 atom stereocenters. The van der Waals surface area contributed by atoms with E-state index in [0.29, 0.717) is 23.1 Å². The molecule has 130 valence electrons. The van der Waals surface area contributed by atoms with Crippen LogP contribution < -0.4 is 0 Å². The molecular weight excluding hydrogens is 340 g/mol. The average Bonchev–Trinajstić information content (AvgIpc) is 3.00. The van der Waals surface area contributed by atoms with Crippen molar-refractivity contribution in [3.05, 3.63) is 59.4 Å². The number of carbonyl (C=O) groups is 1. The molecule has 3 rings (SSSR count). The number of hydrogen-bond acceptors (Lipinski definition) is 5. The van der Waals surface area contributed by atoms with E-state index >= 15 is 0 Å². The molecule has 0 bridgehead atoms. The summed E-state index contributed by atoms with van der Waals surface area (Å²) in [5.74, 6) is -0.528. The Hall–Kier alpha value is -2.67. The van der Waals surface area contributed by atoms with E-state index in [-0.39, 0.29) is 10.5 Å². The molecule has 3 aromatic rings. The van der Waals surface area contributed by atoms with Crippen LogP contribution in [-0.4, -0.2) is 30.5 Å². The van der Waals surface area contributed by atoms with Gasteiger partial charge in [0, 0.05) is 17.3 Å². The first-order chi connectivity index (χ1) is 11.9. The van der Waals surface area contributed by atoms with Gasteiger partial charge in [0.25, 0.3) is 10.0 Å². The lowest BCUT2D eigenvalue weighted by Gasteiger charge is -2.11. The molecule has 0 spiro atoms. The zero-order valence-corrected chi connectivity index (χ0v) is 15.0. The van der Waals surface area contributed by atoms with Crippen LogP contribution in [0.3, 0.4) is 0 Å². The maximum Gasteiger partial charge on any atom is 0.338 e. The van der Waals surface area contributed by atoms with Crippen LogP contribution >= 0.6 is 0 Å². The van der Waals surface area contributed by atoms with Crippen LogP contribution in [0.25, 0.3) is 11.0 Å². The molecule has 0 fully saturated rings. The summed E-state index contributed by atoms with van der Waals surface area (Å²) in [7, 11) is -2.54. The van der Waals surface area contributed by atoms with E-state index in [0.717, 1.165) is 5.56 Å². The van der Waals surface area contributed by atoms with Crippen LogP contribution in [0.4, 0.5) is 0 Å². The molecule has 0 unspecified atom stereocenters. The molecule has 6 nitrogen and oxygen atoms in total. The Labute approximate surface area is 146 Å². The summed E-state index contributed by atoms with van der Waals surface area (Å²) < 4.78 is 32.3. The largest absolute Gasteiger partial charge is 0.465 e. The summed E-state index contributed by atoms with van der Waals surface area (Å²) in [5.41, 5.74) is 2.04. The van der Waals surface area contributed by atoms with Gasteiger partial charge in [-0.3, -0.25) is 0 Å². The van der Waals surface area contributed by atoms with E-state index in [4.69, 9.17) is 4.74 Å². The first-order valence-electron chi connectivity index (χ1n) is 7.80. The molecule has 0 saturated carbocycles. The molecule has 0 N–H and O–H groups in total. The fourth-order valence-electron chi connectivity index (χ4n) is 2.75.